The summed E-state index contributed by atoms with van der Waals surface area (Å²) in [7, 11) is 0. The first kappa shape index (κ1) is 6.72. The topological polar surface area (TPSA) is 41.6 Å². The summed E-state index contributed by atoms with van der Waals surface area (Å²) in [5.41, 5.74) is 0. The molecule has 1 rings (SSSR count). The third-order valence-corrected chi connectivity index (χ3v) is 0.331. The van der Waals surface area contributed by atoms with Crippen LogP contribution < -0.4 is 0 Å². The van der Waals surface area contributed by atoms with Crippen LogP contribution in [-0.4, -0.2) is 15.4 Å². The van der Waals surface area contributed by atoms with Crippen LogP contribution in [0.5, 0.6) is 0 Å². The third-order valence-electron chi connectivity index (χ3n) is 0.331. The van der Waals surface area contributed by atoms with E-state index in [0.29, 0.717) is 0 Å². The van der Waals surface area contributed by atoms with Crippen LogP contribution in [0.4, 0.5) is 0 Å². The van der Waals surface area contributed by atoms with Crippen molar-refractivity contribution in [1.82, 2.24) is 15.4 Å². The van der Waals surface area contributed by atoms with Gasteiger partial charge in [0.25, 0.3) is 0 Å². The summed E-state index contributed by atoms with van der Waals surface area (Å²) in [4.78, 5) is 0. The quantitative estimate of drug-likeness (QED) is 0.659. The Morgan fingerprint density at radius 2 is 2.33 bits per heavy atom. The molecule has 0 aliphatic carbocycles. The molecule has 0 saturated heterocycles. The zero-order valence-electron chi connectivity index (χ0n) is 2.93. The molecule has 0 aliphatic rings. The van der Waals surface area contributed by atoms with Gasteiger partial charge in [0.1, 0.15) is 0 Å². The molecule has 1 N–H and O–H groups in total. The van der Waals surface area contributed by atoms with Crippen molar-refractivity contribution in [2.45, 2.75) is 0 Å². The van der Waals surface area contributed by atoms with Crippen LogP contribution in [0.15, 0.2) is 12.4 Å². The monoisotopic (exact) mass is 222 g/mol. The van der Waals surface area contributed by atoms with Gasteiger partial charge in [-0.2, -0.15) is 0 Å². The zero-order chi connectivity index (χ0) is 3.54. The number of aromatic nitrogens is 3. The number of hydrogen-bond acceptors (Lipinski definition) is 2. The Morgan fingerprint density at radius 1 is 1.50 bits per heavy atom. The standard InChI is InChI=1S/C2H3N3.Eu/c1-2-4-5-3-1;/h1-2H,(H,3,4,5);. The van der Waals surface area contributed by atoms with Crippen molar-refractivity contribution in [2.24, 2.45) is 0 Å². The Morgan fingerprint density at radius 3 is 2.50 bits per heavy atom. The van der Waals surface area contributed by atoms with Gasteiger partial charge >= 0.3 is 0 Å². The number of rotatable bonds is 0. The zero-order valence-corrected chi connectivity index (χ0v) is 5.35. The maximum Gasteiger partial charge on any atom is 0.0690 e. The second-order valence-corrected chi connectivity index (χ2v) is 0.660. The molecular formula is C2H3EuN3. The van der Waals surface area contributed by atoms with E-state index in [9.17, 15) is 0 Å². The first-order chi connectivity index (χ1) is 2.50. The molecule has 1 aromatic rings. The van der Waals surface area contributed by atoms with Crippen molar-refractivity contribution >= 4 is 0 Å². The van der Waals surface area contributed by atoms with Crippen molar-refractivity contribution in [3.05, 3.63) is 12.4 Å². The molecule has 3 nitrogen and oxygen atoms in total. The average molecular weight is 221 g/mol. The molecule has 0 atom stereocenters. The number of nitrogens with one attached hydrogen (secondary N) is 1. The molecule has 4 heteroatoms. The van der Waals surface area contributed by atoms with Gasteiger partial charge in [-0.15, -0.1) is 5.10 Å². The van der Waals surface area contributed by atoms with Crippen molar-refractivity contribution in [3.8, 4) is 0 Å². The predicted octanol–water partition coefficient (Wildman–Crippen LogP) is -0.195. The normalized spacial score (nSPS) is 6.67. The summed E-state index contributed by atoms with van der Waals surface area (Å²) in [5.74, 6) is 0. The molecule has 0 aromatic carbocycles. The maximum absolute atomic E-state index is 3.42. The fourth-order valence-corrected chi connectivity index (χ4v) is 0.167. The van der Waals surface area contributed by atoms with Gasteiger partial charge < -0.3 is 0 Å². The molecule has 0 fully saturated rings. The van der Waals surface area contributed by atoms with E-state index in [1.807, 2.05) is 0 Å². The molecule has 0 unspecified atom stereocenters. The predicted molar refractivity (Wildman–Crippen MR) is 16.4 cm³/mol. The molecule has 0 aliphatic heterocycles. The van der Waals surface area contributed by atoms with E-state index in [1.165, 1.54) is 0 Å². The van der Waals surface area contributed by atoms with Crippen LogP contribution in [0.2, 0.25) is 0 Å². The van der Waals surface area contributed by atoms with Gasteiger partial charge in [-0.05, 0) is 0 Å². The van der Waals surface area contributed by atoms with Crippen LogP contribution in [0.1, 0.15) is 0 Å². The SMILES string of the molecule is [Eu].c1c[nH]nn1. The second kappa shape index (κ2) is 3.90. The Labute approximate surface area is 76.1 Å². The summed E-state index contributed by atoms with van der Waals surface area (Å²) in [6, 6.07) is 0. The van der Waals surface area contributed by atoms with Crippen LogP contribution >= 0.6 is 0 Å². The van der Waals surface area contributed by atoms with Gasteiger partial charge in [0, 0.05) is 55.6 Å². The average Bonchev–Trinajstić information content (AvgIpc) is 1.76. The summed E-state index contributed by atoms with van der Waals surface area (Å²) in [6.07, 6.45) is 3.24. The summed E-state index contributed by atoms with van der Waals surface area (Å²) in [6.45, 7) is 0. The van der Waals surface area contributed by atoms with Gasteiger partial charge in [-0.3, -0.25) is 5.10 Å². The van der Waals surface area contributed by atoms with Crippen LogP contribution in [-0.2, 0) is 0 Å². The molecular weight excluding hydrogens is 218 g/mol. The van der Waals surface area contributed by atoms with E-state index in [4.69, 9.17) is 0 Å². The first-order valence-corrected chi connectivity index (χ1v) is 1.30. The van der Waals surface area contributed by atoms with Gasteiger partial charge in [0.2, 0.25) is 0 Å². The molecule has 1 heterocycles. The molecule has 0 saturated carbocycles. The molecule has 33 valence electrons. The first-order valence-electron chi connectivity index (χ1n) is 1.30. The molecule has 1 radical (unpaired) electrons. The van der Waals surface area contributed by atoms with Crippen LogP contribution in [0, 0.1) is 49.4 Å². The molecule has 1 aromatic heterocycles. The van der Waals surface area contributed by atoms with Crippen LogP contribution in [0.3, 0.4) is 0 Å². The Kier molecular flexibility index (Phi) is 4.37. The van der Waals surface area contributed by atoms with Crippen molar-refractivity contribution in [1.29, 1.82) is 0 Å². The van der Waals surface area contributed by atoms with Gasteiger partial charge in [0.05, 0.1) is 6.20 Å². The van der Waals surface area contributed by atoms with E-state index in [-0.39, 0.29) is 49.4 Å². The molecule has 0 spiro atoms. The summed E-state index contributed by atoms with van der Waals surface area (Å²) in [5, 5.41) is 9.26. The Hall–Kier alpha value is 0.724. The number of hydrogen-bond donors (Lipinski definition) is 1. The van der Waals surface area contributed by atoms with Gasteiger partial charge in [-0.25, -0.2) is 0 Å². The third kappa shape index (κ3) is 2.00. The fourth-order valence-electron chi connectivity index (χ4n) is 0.167. The maximum atomic E-state index is 3.42. The fraction of sp³-hybridized carbons (Fsp3) is 0. The number of nitrogens with zero attached hydrogens (tertiary/aromatic N) is 2. The molecule has 6 heavy (non-hydrogen) atoms. The molecule has 0 bridgehead atoms. The van der Waals surface area contributed by atoms with E-state index in [1.54, 1.807) is 12.4 Å². The smallest absolute Gasteiger partial charge is 0.0690 e. The second-order valence-electron chi connectivity index (χ2n) is 0.660. The Bertz CT molecular complexity index is 65.3. The van der Waals surface area contributed by atoms with Crippen molar-refractivity contribution < 1.29 is 49.4 Å². The van der Waals surface area contributed by atoms with Gasteiger partial charge in [0.15, 0.2) is 0 Å². The number of H-pyrrole nitrogens is 1. The minimum absolute atomic E-state index is 0. The van der Waals surface area contributed by atoms with E-state index in [2.05, 4.69) is 15.4 Å². The minimum Gasteiger partial charge on any atom is -0.266 e. The van der Waals surface area contributed by atoms with E-state index < -0.39 is 0 Å². The van der Waals surface area contributed by atoms with E-state index >= 15 is 0 Å². The van der Waals surface area contributed by atoms with E-state index in [0.717, 1.165) is 0 Å². The Balaban J connectivity index is 0.000000250. The van der Waals surface area contributed by atoms with Crippen molar-refractivity contribution in [3.63, 3.8) is 0 Å². The minimum atomic E-state index is 0. The van der Waals surface area contributed by atoms with Crippen molar-refractivity contribution in [2.75, 3.05) is 0 Å². The molecule has 0 amide bonds. The number of aromatic amines is 1. The largest absolute Gasteiger partial charge is 0.266 e. The summed E-state index contributed by atoms with van der Waals surface area (Å²) >= 11 is 0. The summed E-state index contributed by atoms with van der Waals surface area (Å²) < 4.78 is 0. The van der Waals surface area contributed by atoms with Crippen LogP contribution in [0.25, 0.3) is 0 Å². The van der Waals surface area contributed by atoms with Gasteiger partial charge in [-0.1, -0.05) is 5.21 Å².